The third kappa shape index (κ3) is 2.70. The van der Waals surface area contributed by atoms with Gasteiger partial charge < -0.3 is 9.64 Å². The van der Waals surface area contributed by atoms with Gasteiger partial charge >= 0.3 is 5.97 Å². The molecule has 4 nitrogen and oxygen atoms in total. The molecular formula is C11H19NO3. The second kappa shape index (κ2) is 5.14. The first-order valence-electron chi connectivity index (χ1n) is 5.46. The zero-order valence-corrected chi connectivity index (χ0v) is 9.66. The highest BCUT2D eigenvalue weighted by molar-refractivity contribution is 5.85. The quantitative estimate of drug-likeness (QED) is 0.647. The smallest absolute Gasteiger partial charge is 0.328 e. The van der Waals surface area contributed by atoms with E-state index in [2.05, 4.69) is 0 Å². The maximum absolute atomic E-state index is 11.8. The summed E-state index contributed by atoms with van der Waals surface area (Å²) in [7, 11) is 1.37. The van der Waals surface area contributed by atoms with Crippen LogP contribution < -0.4 is 0 Å². The van der Waals surface area contributed by atoms with Gasteiger partial charge in [-0.1, -0.05) is 13.8 Å². The van der Waals surface area contributed by atoms with Crippen molar-refractivity contribution in [1.82, 2.24) is 4.90 Å². The van der Waals surface area contributed by atoms with Gasteiger partial charge in [0.05, 0.1) is 7.11 Å². The molecule has 1 amide bonds. The fourth-order valence-electron chi connectivity index (χ4n) is 1.91. The van der Waals surface area contributed by atoms with Crippen LogP contribution in [0, 0.1) is 5.92 Å². The van der Waals surface area contributed by atoms with Crippen LogP contribution in [0.2, 0.25) is 0 Å². The van der Waals surface area contributed by atoms with Gasteiger partial charge in [-0.05, 0) is 19.3 Å². The molecule has 1 aliphatic heterocycles. The predicted octanol–water partition coefficient (Wildman–Crippen LogP) is 1.20. The van der Waals surface area contributed by atoms with Crippen LogP contribution in [-0.4, -0.2) is 36.5 Å². The summed E-state index contributed by atoms with van der Waals surface area (Å²) in [5, 5.41) is 0. The van der Waals surface area contributed by atoms with Gasteiger partial charge in [0.1, 0.15) is 6.04 Å². The van der Waals surface area contributed by atoms with Crippen LogP contribution in [0.25, 0.3) is 0 Å². The van der Waals surface area contributed by atoms with Crippen LogP contribution in [0.5, 0.6) is 0 Å². The normalized spacial score (nSPS) is 21.6. The molecule has 0 aromatic heterocycles. The van der Waals surface area contributed by atoms with E-state index in [9.17, 15) is 9.59 Å². The number of carbonyl (C=O) groups excluding carboxylic acids is 2. The number of nitrogens with zero attached hydrogens (tertiary/aromatic N) is 1. The summed E-state index contributed by atoms with van der Waals surface area (Å²) in [6.07, 6.45) is 2.69. The summed E-state index contributed by atoms with van der Waals surface area (Å²) in [4.78, 5) is 25.0. The average Bonchev–Trinajstić information content (AvgIpc) is 2.27. The second-order valence-electron chi connectivity index (χ2n) is 4.22. The molecular weight excluding hydrogens is 194 g/mol. The van der Waals surface area contributed by atoms with Crippen molar-refractivity contribution in [2.75, 3.05) is 13.7 Å². The molecule has 4 heteroatoms. The number of piperidine rings is 1. The Kier molecular flexibility index (Phi) is 4.12. The number of carbonyl (C=O) groups is 2. The lowest BCUT2D eigenvalue weighted by atomic mass is 10.00. The van der Waals surface area contributed by atoms with Crippen molar-refractivity contribution in [3.63, 3.8) is 0 Å². The molecule has 0 spiro atoms. The Morgan fingerprint density at radius 3 is 2.53 bits per heavy atom. The molecule has 0 aromatic carbocycles. The largest absolute Gasteiger partial charge is 0.467 e. The molecule has 0 radical (unpaired) electrons. The molecule has 1 saturated heterocycles. The Morgan fingerprint density at radius 1 is 1.33 bits per heavy atom. The molecule has 0 N–H and O–H groups in total. The van der Waals surface area contributed by atoms with Crippen LogP contribution in [-0.2, 0) is 14.3 Å². The first-order valence-corrected chi connectivity index (χ1v) is 5.46. The summed E-state index contributed by atoms with van der Waals surface area (Å²) in [6, 6.07) is -0.362. The molecule has 0 bridgehead atoms. The van der Waals surface area contributed by atoms with Crippen LogP contribution >= 0.6 is 0 Å². The summed E-state index contributed by atoms with van der Waals surface area (Å²) in [5.74, 6) is -0.302. The summed E-state index contributed by atoms with van der Waals surface area (Å²) >= 11 is 0. The second-order valence-corrected chi connectivity index (χ2v) is 4.22. The lowest BCUT2D eigenvalue weighted by Crippen LogP contribution is -2.49. The number of esters is 1. The van der Waals surface area contributed by atoms with Crippen molar-refractivity contribution in [1.29, 1.82) is 0 Å². The Hall–Kier alpha value is -1.06. The van der Waals surface area contributed by atoms with Gasteiger partial charge in [0, 0.05) is 12.5 Å². The van der Waals surface area contributed by atoms with Crippen molar-refractivity contribution in [2.24, 2.45) is 5.92 Å². The highest BCUT2D eigenvalue weighted by Gasteiger charge is 2.33. The van der Waals surface area contributed by atoms with Crippen LogP contribution in [0.4, 0.5) is 0 Å². The van der Waals surface area contributed by atoms with E-state index in [1.54, 1.807) is 4.90 Å². The van der Waals surface area contributed by atoms with E-state index in [1.807, 2.05) is 13.8 Å². The maximum atomic E-state index is 11.8. The van der Waals surface area contributed by atoms with Gasteiger partial charge in [0.25, 0.3) is 0 Å². The predicted molar refractivity (Wildman–Crippen MR) is 56.2 cm³/mol. The van der Waals surface area contributed by atoms with Crippen LogP contribution in [0.15, 0.2) is 0 Å². The van der Waals surface area contributed by atoms with Crippen molar-refractivity contribution in [3.8, 4) is 0 Å². The van der Waals surface area contributed by atoms with E-state index in [4.69, 9.17) is 4.74 Å². The molecule has 1 aliphatic rings. The molecule has 0 aromatic rings. The molecule has 0 unspecified atom stereocenters. The third-order valence-corrected chi connectivity index (χ3v) is 2.75. The highest BCUT2D eigenvalue weighted by atomic mass is 16.5. The SMILES string of the molecule is COC(=O)[C@@H]1CCCCN1C(=O)C(C)C. The minimum Gasteiger partial charge on any atom is -0.467 e. The van der Waals surface area contributed by atoms with E-state index >= 15 is 0 Å². The minimum absolute atomic E-state index is 0.0464. The number of ether oxygens (including phenoxy) is 1. The summed E-state index contributed by atoms with van der Waals surface area (Å²) in [5.41, 5.74) is 0. The Labute approximate surface area is 90.6 Å². The first-order chi connectivity index (χ1) is 7.07. The monoisotopic (exact) mass is 213 g/mol. The Morgan fingerprint density at radius 2 is 2.00 bits per heavy atom. The van der Waals surface area contributed by atoms with E-state index in [0.29, 0.717) is 6.54 Å². The van der Waals surface area contributed by atoms with Crippen LogP contribution in [0.1, 0.15) is 33.1 Å². The number of likely N-dealkylation sites (tertiary alicyclic amines) is 1. The van der Waals surface area contributed by atoms with Gasteiger partial charge in [0.2, 0.25) is 5.91 Å². The molecule has 0 saturated carbocycles. The Bertz CT molecular complexity index is 250. The topological polar surface area (TPSA) is 46.6 Å². The van der Waals surface area contributed by atoms with E-state index in [-0.39, 0.29) is 23.8 Å². The standard InChI is InChI=1S/C11H19NO3/c1-8(2)10(13)12-7-5-4-6-9(12)11(14)15-3/h8-9H,4-7H2,1-3H3/t9-/m0/s1. The number of methoxy groups -OCH3 is 1. The lowest BCUT2D eigenvalue weighted by molar-refractivity contribution is -0.155. The zero-order chi connectivity index (χ0) is 11.4. The summed E-state index contributed by atoms with van der Waals surface area (Å²) < 4.78 is 4.72. The molecule has 1 heterocycles. The first kappa shape index (κ1) is 12.0. The lowest BCUT2D eigenvalue weighted by Gasteiger charge is -2.34. The number of hydrogen-bond donors (Lipinski definition) is 0. The van der Waals surface area contributed by atoms with Crippen molar-refractivity contribution in [3.05, 3.63) is 0 Å². The van der Waals surface area contributed by atoms with Gasteiger partial charge in [0.15, 0.2) is 0 Å². The number of rotatable bonds is 2. The fraction of sp³-hybridized carbons (Fsp3) is 0.818. The maximum Gasteiger partial charge on any atom is 0.328 e. The van der Waals surface area contributed by atoms with E-state index < -0.39 is 0 Å². The fourth-order valence-corrected chi connectivity index (χ4v) is 1.91. The summed E-state index contributed by atoms with van der Waals surface area (Å²) in [6.45, 7) is 4.38. The minimum atomic E-state index is -0.362. The van der Waals surface area contributed by atoms with Gasteiger partial charge in [-0.3, -0.25) is 4.79 Å². The van der Waals surface area contributed by atoms with Gasteiger partial charge in [-0.25, -0.2) is 4.79 Å². The molecule has 1 fully saturated rings. The van der Waals surface area contributed by atoms with Gasteiger partial charge in [-0.15, -0.1) is 0 Å². The van der Waals surface area contributed by atoms with Crippen molar-refractivity contribution < 1.29 is 14.3 Å². The Balaban J connectivity index is 2.73. The molecule has 15 heavy (non-hydrogen) atoms. The van der Waals surface area contributed by atoms with E-state index in [0.717, 1.165) is 19.3 Å². The third-order valence-electron chi connectivity index (χ3n) is 2.75. The van der Waals surface area contributed by atoms with Crippen LogP contribution in [0.3, 0.4) is 0 Å². The number of hydrogen-bond acceptors (Lipinski definition) is 3. The van der Waals surface area contributed by atoms with Crippen molar-refractivity contribution in [2.45, 2.75) is 39.2 Å². The zero-order valence-electron chi connectivity index (χ0n) is 9.66. The molecule has 86 valence electrons. The molecule has 1 atom stereocenters. The highest BCUT2D eigenvalue weighted by Crippen LogP contribution is 2.20. The average molecular weight is 213 g/mol. The van der Waals surface area contributed by atoms with Crippen molar-refractivity contribution >= 4 is 11.9 Å². The molecule has 0 aliphatic carbocycles. The number of amides is 1. The van der Waals surface area contributed by atoms with E-state index in [1.165, 1.54) is 7.11 Å². The van der Waals surface area contributed by atoms with Gasteiger partial charge in [-0.2, -0.15) is 0 Å². The molecule has 1 rings (SSSR count).